The SMILES string of the molecule is CC(C)CC1(C(O)C2=COCCC2)CCCC1. The first-order valence-electron chi connectivity index (χ1n) is 7.13. The summed E-state index contributed by atoms with van der Waals surface area (Å²) in [5.41, 5.74) is 1.28. The second-order valence-electron chi connectivity index (χ2n) is 6.24. The minimum Gasteiger partial charge on any atom is -0.501 e. The van der Waals surface area contributed by atoms with Gasteiger partial charge in [0.1, 0.15) is 0 Å². The van der Waals surface area contributed by atoms with E-state index in [4.69, 9.17) is 4.74 Å². The molecule has 0 aromatic rings. The largest absolute Gasteiger partial charge is 0.501 e. The Morgan fingerprint density at radius 3 is 2.53 bits per heavy atom. The van der Waals surface area contributed by atoms with Gasteiger partial charge in [0, 0.05) is 5.41 Å². The number of hydrogen-bond acceptors (Lipinski definition) is 2. The van der Waals surface area contributed by atoms with Gasteiger partial charge >= 0.3 is 0 Å². The molecule has 0 aromatic carbocycles. The lowest BCUT2D eigenvalue weighted by atomic mass is 9.71. The zero-order valence-electron chi connectivity index (χ0n) is 11.2. The van der Waals surface area contributed by atoms with Crippen LogP contribution >= 0.6 is 0 Å². The summed E-state index contributed by atoms with van der Waals surface area (Å²) in [6, 6.07) is 0. The molecule has 0 saturated heterocycles. The van der Waals surface area contributed by atoms with Crippen LogP contribution in [0.5, 0.6) is 0 Å². The van der Waals surface area contributed by atoms with E-state index in [0.29, 0.717) is 5.92 Å². The van der Waals surface area contributed by atoms with Crippen LogP contribution in [0, 0.1) is 11.3 Å². The van der Waals surface area contributed by atoms with Crippen molar-refractivity contribution in [1.29, 1.82) is 0 Å². The molecule has 0 radical (unpaired) electrons. The van der Waals surface area contributed by atoms with E-state index in [2.05, 4.69) is 13.8 Å². The van der Waals surface area contributed by atoms with Crippen molar-refractivity contribution in [2.45, 2.75) is 64.9 Å². The summed E-state index contributed by atoms with van der Waals surface area (Å²) in [7, 11) is 0. The zero-order chi connectivity index (χ0) is 12.3. The van der Waals surface area contributed by atoms with Crippen molar-refractivity contribution in [1.82, 2.24) is 0 Å². The Labute approximate surface area is 105 Å². The van der Waals surface area contributed by atoms with Gasteiger partial charge < -0.3 is 9.84 Å². The Balaban J connectivity index is 2.12. The molecule has 2 heteroatoms. The smallest absolute Gasteiger partial charge is 0.0876 e. The molecule has 2 aliphatic rings. The molecule has 0 bridgehead atoms. The molecular weight excluding hydrogens is 212 g/mol. The maximum absolute atomic E-state index is 10.7. The van der Waals surface area contributed by atoms with Crippen LogP contribution in [0.4, 0.5) is 0 Å². The molecule has 1 heterocycles. The van der Waals surface area contributed by atoms with Crippen LogP contribution in [0.15, 0.2) is 11.8 Å². The average Bonchev–Trinajstić information content (AvgIpc) is 2.78. The lowest BCUT2D eigenvalue weighted by Crippen LogP contribution is -2.36. The molecule has 1 aliphatic heterocycles. The van der Waals surface area contributed by atoms with Crippen molar-refractivity contribution in [2.75, 3.05) is 6.61 Å². The van der Waals surface area contributed by atoms with E-state index in [1.165, 1.54) is 25.7 Å². The molecule has 1 unspecified atom stereocenters. The number of rotatable bonds is 4. The van der Waals surface area contributed by atoms with Gasteiger partial charge in [0.15, 0.2) is 0 Å². The minimum atomic E-state index is -0.271. The second kappa shape index (κ2) is 5.43. The fourth-order valence-electron chi connectivity index (χ4n) is 3.66. The van der Waals surface area contributed by atoms with E-state index >= 15 is 0 Å². The van der Waals surface area contributed by atoms with E-state index in [9.17, 15) is 5.11 Å². The number of hydrogen-bond donors (Lipinski definition) is 1. The highest BCUT2D eigenvalue weighted by Gasteiger charge is 2.42. The number of aliphatic hydroxyl groups is 1. The van der Waals surface area contributed by atoms with Gasteiger partial charge in [-0.1, -0.05) is 26.7 Å². The van der Waals surface area contributed by atoms with Gasteiger partial charge in [0.05, 0.1) is 19.0 Å². The lowest BCUT2D eigenvalue weighted by molar-refractivity contribution is 0.0302. The molecule has 0 aromatic heterocycles. The molecule has 2 nitrogen and oxygen atoms in total. The van der Waals surface area contributed by atoms with E-state index in [-0.39, 0.29) is 11.5 Å². The van der Waals surface area contributed by atoms with E-state index in [1.54, 1.807) is 0 Å². The first kappa shape index (κ1) is 12.9. The van der Waals surface area contributed by atoms with Gasteiger partial charge in [-0.2, -0.15) is 0 Å². The van der Waals surface area contributed by atoms with E-state index in [1.807, 2.05) is 6.26 Å². The molecule has 1 atom stereocenters. The van der Waals surface area contributed by atoms with Crippen LogP contribution < -0.4 is 0 Å². The van der Waals surface area contributed by atoms with Crippen LogP contribution in [0.25, 0.3) is 0 Å². The normalized spacial score (nSPS) is 25.5. The van der Waals surface area contributed by atoms with Crippen molar-refractivity contribution in [3.05, 3.63) is 11.8 Å². The Hall–Kier alpha value is -0.500. The van der Waals surface area contributed by atoms with Gasteiger partial charge in [-0.05, 0) is 43.6 Å². The van der Waals surface area contributed by atoms with E-state index < -0.39 is 0 Å². The van der Waals surface area contributed by atoms with Gasteiger partial charge in [0.2, 0.25) is 0 Å². The second-order valence-corrected chi connectivity index (χ2v) is 6.24. The van der Waals surface area contributed by atoms with Crippen molar-refractivity contribution in [3.8, 4) is 0 Å². The standard InChI is InChI=1S/C15H26O2/c1-12(2)10-15(7-3-4-8-15)14(16)13-6-5-9-17-11-13/h11-12,14,16H,3-10H2,1-2H3. The van der Waals surface area contributed by atoms with Gasteiger partial charge in [-0.15, -0.1) is 0 Å². The fourth-order valence-corrected chi connectivity index (χ4v) is 3.66. The van der Waals surface area contributed by atoms with Crippen LogP contribution in [-0.2, 0) is 4.74 Å². The molecule has 1 N–H and O–H groups in total. The average molecular weight is 238 g/mol. The first-order chi connectivity index (χ1) is 8.14. The molecule has 0 amide bonds. The summed E-state index contributed by atoms with van der Waals surface area (Å²) in [5.74, 6) is 0.660. The molecule has 0 spiro atoms. The highest BCUT2D eigenvalue weighted by Crippen LogP contribution is 2.48. The van der Waals surface area contributed by atoms with Gasteiger partial charge in [0.25, 0.3) is 0 Å². The molecule has 2 rings (SSSR count). The summed E-state index contributed by atoms with van der Waals surface area (Å²) in [6.07, 6.45) is 9.69. The predicted octanol–water partition coefficient (Wildman–Crippen LogP) is 3.65. The minimum absolute atomic E-state index is 0.140. The summed E-state index contributed by atoms with van der Waals surface area (Å²) in [5, 5.41) is 10.7. The molecule has 1 fully saturated rings. The highest BCUT2D eigenvalue weighted by atomic mass is 16.5. The number of ether oxygens (including phenoxy) is 1. The lowest BCUT2D eigenvalue weighted by Gasteiger charge is -2.38. The molecule has 98 valence electrons. The van der Waals surface area contributed by atoms with Crippen molar-refractivity contribution in [3.63, 3.8) is 0 Å². The third-order valence-electron chi connectivity index (χ3n) is 4.31. The third kappa shape index (κ3) is 2.85. The Morgan fingerprint density at radius 2 is 2.00 bits per heavy atom. The van der Waals surface area contributed by atoms with E-state index in [0.717, 1.165) is 31.4 Å². The van der Waals surface area contributed by atoms with Crippen LogP contribution in [0.3, 0.4) is 0 Å². The van der Waals surface area contributed by atoms with Crippen LogP contribution in [0.1, 0.15) is 58.8 Å². The maximum atomic E-state index is 10.7. The monoisotopic (exact) mass is 238 g/mol. The van der Waals surface area contributed by atoms with Crippen molar-refractivity contribution in [2.24, 2.45) is 11.3 Å². The fraction of sp³-hybridized carbons (Fsp3) is 0.867. The van der Waals surface area contributed by atoms with Gasteiger partial charge in [-0.25, -0.2) is 0 Å². The Bertz CT molecular complexity index is 275. The Morgan fingerprint density at radius 1 is 1.29 bits per heavy atom. The molecular formula is C15H26O2. The number of aliphatic hydroxyl groups excluding tert-OH is 1. The molecule has 1 saturated carbocycles. The summed E-state index contributed by atoms with van der Waals surface area (Å²) in [6.45, 7) is 5.34. The highest BCUT2D eigenvalue weighted by molar-refractivity contribution is 5.13. The summed E-state index contributed by atoms with van der Waals surface area (Å²) >= 11 is 0. The van der Waals surface area contributed by atoms with Crippen LogP contribution in [-0.4, -0.2) is 17.8 Å². The maximum Gasteiger partial charge on any atom is 0.0876 e. The summed E-state index contributed by atoms with van der Waals surface area (Å²) < 4.78 is 5.39. The zero-order valence-corrected chi connectivity index (χ0v) is 11.2. The van der Waals surface area contributed by atoms with Crippen molar-refractivity contribution >= 4 is 0 Å². The Kier molecular flexibility index (Phi) is 4.13. The summed E-state index contributed by atoms with van der Waals surface area (Å²) in [4.78, 5) is 0. The molecule has 17 heavy (non-hydrogen) atoms. The van der Waals surface area contributed by atoms with Gasteiger partial charge in [-0.3, -0.25) is 0 Å². The third-order valence-corrected chi connectivity index (χ3v) is 4.31. The quantitative estimate of drug-likeness (QED) is 0.810. The molecule has 1 aliphatic carbocycles. The van der Waals surface area contributed by atoms with Crippen LogP contribution in [0.2, 0.25) is 0 Å². The predicted molar refractivity (Wildman–Crippen MR) is 69.6 cm³/mol. The van der Waals surface area contributed by atoms with Crippen molar-refractivity contribution < 1.29 is 9.84 Å². The first-order valence-corrected chi connectivity index (χ1v) is 7.13. The topological polar surface area (TPSA) is 29.5 Å².